The van der Waals surface area contributed by atoms with Crippen molar-refractivity contribution < 1.29 is 48.6 Å². The summed E-state index contributed by atoms with van der Waals surface area (Å²) in [6.45, 7) is 0. The zero-order valence-corrected chi connectivity index (χ0v) is 9.03. The minimum atomic E-state index is -5.17. The molecule has 19 heavy (non-hydrogen) atoms. The summed E-state index contributed by atoms with van der Waals surface area (Å²) < 4.78 is 13.7. The Morgan fingerprint density at radius 1 is 1.05 bits per heavy atom. The van der Waals surface area contributed by atoms with Crippen molar-refractivity contribution in [3.8, 4) is 0 Å². The van der Waals surface area contributed by atoms with E-state index in [1.165, 1.54) is 0 Å². The number of carbonyl (C=O) groups excluding carboxylic acids is 1. The molecule has 1 unspecified atom stereocenters. The van der Waals surface area contributed by atoms with Crippen LogP contribution < -0.4 is 0 Å². The predicted molar refractivity (Wildman–Crippen MR) is 61.9 cm³/mol. The summed E-state index contributed by atoms with van der Waals surface area (Å²) in [5, 5.41) is 26.1. The van der Waals surface area contributed by atoms with Crippen molar-refractivity contribution in [1.29, 1.82) is 0 Å². The molecule has 0 aromatic heterocycles. The van der Waals surface area contributed by atoms with Gasteiger partial charge in [0, 0.05) is 0 Å². The molecule has 0 saturated heterocycles. The van der Waals surface area contributed by atoms with Gasteiger partial charge in [-0.1, -0.05) is 0 Å². The van der Waals surface area contributed by atoms with Crippen LogP contribution in [0.5, 0.6) is 0 Å². The zero-order chi connectivity index (χ0) is 13.9. The van der Waals surface area contributed by atoms with Gasteiger partial charge in [0.2, 0.25) is 0 Å². The molecule has 5 N–H and O–H groups in total. The van der Waals surface area contributed by atoms with Gasteiger partial charge in [0.05, 0.1) is 12.8 Å². The molecule has 0 spiro atoms. The first-order valence-corrected chi connectivity index (χ1v) is 5.45. The van der Waals surface area contributed by atoms with Crippen molar-refractivity contribution in [2.24, 2.45) is 0 Å². The molecule has 0 aliphatic rings. The molecule has 0 heterocycles. The van der Waals surface area contributed by atoms with Crippen molar-refractivity contribution in [3.63, 3.8) is 0 Å². The molecular formula is C6H11K2O10P. The molecule has 102 valence electrons. The van der Waals surface area contributed by atoms with E-state index in [9.17, 15) is 24.1 Å². The average molecular weight is 352 g/mol. The number of hydrogen-bond donors (Lipinski definition) is 5. The molecule has 0 aliphatic carbocycles. The fourth-order valence-corrected chi connectivity index (χ4v) is 1.20. The summed E-state index contributed by atoms with van der Waals surface area (Å²) in [6.07, 6.45) is -2.72. The van der Waals surface area contributed by atoms with Crippen molar-refractivity contribution >= 4 is 128 Å². The van der Waals surface area contributed by atoms with Gasteiger partial charge < -0.3 is 19.8 Å². The Hall–Kier alpha value is 1.79. The van der Waals surface area contributed by atoms with Gasteiger partial charge in [-0.25, -0.2) is 9.36 Å². The van der Waals surface area contributed by atoms with Crippen LogP contribution in [-0.2, 0) is 23.5 Å². The van der Waals surface area contributed by atoms with E-state index in [1.54, 1.807) is 0 Å². The summed E-state index contributed by atoms with van der Waals surface area (Å²) in [6, 6.07) is 0. The van der Waals surface area contributed by atoms with Crippen LogP contribution in [0.1, 0.15) is 12.8 Å². The fraction of sp³-hybridized carbons (Fsp3) is 0.500. The molecule has 0 aromatic carbocycles. The molecule has 0 rings (SSSR count). The maximum absolute atomic E-state index is 10.8. The number of carboxylic acid groups (broad SMARTS) is 2. The molecule has 10 nitrogen and oxygen atoms in total. The van der Waals surface area contributed by atoms with Gasteiger partial charge >= 0.3 is 128 Å². The number of aliphatic carboxylic acids is 2. The van der Waals surface area contributed by atoms with Gasteiger partial charge in [-0.3, -0.25) is 19.4 Å². The van der Waals surface area contributed by atoms with Crippen LogP contribution >= 0.6 is 7.82 Å². The van der Waals surface area contributed by atoms with E-state index in [-0.39, 0.29) is 103 Å². The molecule has 0 saturated carbocycles. The van der Waals surface area contributed by atoms with E-state index in [0.29, 0.717) is 0 Å². The number of phosphoric ester groups is 1. The monoisotopic (exact) mass is 352 g/mol. The third-order valence-electron chi connectivity index (χ3n) is 1.50. The van der Waals surface area contributed by atoms with Crippen molar-refractivity contribution in [3.05, 3.63) is 0 Å². The Labute approximate surface area is 192 Å². The molecule has 0 aliphatic heterocycles. The van der Waals surface area contributed by atoms with Crippen molar-refractivity contribution in [1.82, 2.24) is 0 Å². The van der Waals surface area contributed by atoms with E-state index in [1.807, 2.05) is 0 Å². The Balaban J connectivity index is -0.00000128. The van der Waals surface area contributed by atoms with Crippen LogP contribution in [0.2, 0.25) is 0 Å². The van der Waals surface area contributed by atoms with Crippen LogP contribution in [0.3, 0.4) is 0 Å². The number of hydrogen-bond acceptors (Lipinski definition) is 6. The van der Waals surface area contributed by atoms with Crippen LogP contribution in [0.4, 0.5) is 0 Å². The quantitative estimate of drug-likeness (QED) is 0.244. The molecule has 13 heteroatoms. The average Bonchev–Trinajstić information content (AvgIpc) is 1.96. The first-order chi connectivity index (χ1) is 7.46. The zero-order valence-electron chi connectivity index (χ0n) is 8.14. The van der Waals surface area contributed by atoms with Gasteiger partial charge in [0.15, 0.2) is 5.60 Å². The fourth-order valence-electron chi connectivity index (χ4n) is 0.868. The molecule has 1 atom stereocenters. The van der Waals surface area contributed by atoms with E-state index in [2.05, 4.69) is 4.52 Å². The molecule has 0 bridgehead atoms. The maximum atomic E-state index is 10.8. The third-order valence-corrected chi connectivity index (χ3v) is 1.94. The van der Waals surface area contributed by atoms with E-state index >= 15 is 0 Å². The SMILES string of the molecule is O=C(O)CC(O)(CC(=O)OP(=O)(O)O)C(=O)O.[KH].[KH]. The second-order valence-electron chi connectivity index (χ2n) is 3.04. The first-order valence-electron chi connectivity index (χ1n) is 3.92. The molecular weight excluding hydrogens is 341 g/mol. The second kappa shape index (κ2) is 10.5. The number of phosphoric acid groups is 1. The first kappa shape index (κ1) is 25.7. The van der Waals surface area contributed by atoms with Crippen molar-refractivity contribution in [2.75, 3.05) is 0 Å². The van der Waals surface area contributed by atoms with Gasteiger partial charge in [0.1, 0.15) is 0 Å². The van der Waals surface area contributed by atoms with Gasteiger partial charge in [0.25, 0.3) is 0 Å². The third kappa shape index (κ3) is 12.1. The molecule has 0 aromatic rings. The molecule has 0 fully saturated rings. The van der Waals surface area contributed by atoms with Crippen LogP contribution in [0.15, 0.2) is 0 Å². The summed E-state index contributed by atoms with van der Waals surface area (Å²) in [4.78, 5) is 48.1. The number of rotatable bonds is 6. The van der Waals surface area contributed by atoms with Crippen LogP contribution in [0.25, 0.3) is 0 Å². The second-order valence-corrected chi connectivity index (χ2v) is 4.20. The predicted octanol–water partition coefficient (Wildman–Crippen LogP) is -2.99. The summed E-state index contributed by atoms with van der Waals surface area (Å²) in [7, 11) is -5.17. The van der Waals surface area contributed by atoms with Crippen LogP contribution in [-0.4, -0.2) is 151 Å². The number of carbonyl (C=O) groups is 3. The Bertz CT molecular complexity index is 391. The summed E-state index contributed by atoms with van der Waals surface area (Å²) in [5.74, 6) is -5.47. The van der Waals surface area contributed by atoms with Crippen molar-refractivity contribution in [2.45, 2.75) is 18.4 Å². The van der Waals surface area contributed by atoms with E-state index < -0.39 is 44.2 Å². The topological polar surface area (TPSA) is 179 Å². The van der Waals surface area contributed by atoms with Crippen LogP contribution in [0, 0.1) is 0 Å². The minimum absolute atomic E-state index is 0. The van der Waals surface area contributed by atoms with Gasteiger partial charge in [-0.05, 0) is 0 Å². The normalized spacial score (nSPS) is 13.2. The molecule has 0 amide bonds. The van der Waals surface area contributed by atoms with E-state index in [0.717, 1.165) is 0 Å². The summed E-state index contributed by atoms with van der Waals surface area (Å²) >= 11 is 0. The van der Waals surface area contributed by atoms with E-state index in [4.69, 9.17) is 20.0 Å². The van der Waals surface area contributed by atoms with Gasteiger partial charge in [-0.15, -0.1) is 0 Å². The molecule has 0 radical (unpaired) electrons. The van der Waals surface area contributed by atoms with Gasteiger partial charge in [-0.2, -0.15) is 0 Å². The Morgan fingerprint density at radius 2 is 1.47 bits per heavy atom. The standard InChI is InChI=1S/C6H9O10P.2K.2H/c7-3(8)1-6(12,5(10)11)2-4(9)16-17(13,14)15;;;;/h12H,1-2H2,(H,7,8)(H,10,11)(H2,13,14,15);;;;. The Morgan fingerprint density at radius 3 is 1.74 bits per heavy atom. The Kier molecular flexibility index (Phi) is 14.2. The summed E-state index contributed by atoms with van der Waals surface area (Å²) in [5.41, 5.74) is -2.99. The number of carboxylic acids is 2. The number of aliphatic hydroxyl groups is 1.